The van der Waals surface area contributed by atoms with Crippen molar-refractivity contribution in [2.24, 2.45) is 0 Å². The van der Waals surface area contributed by atoms with Crippen LogP contribution in [0.3, 0.4) is 0 Å². The van der Waals surface area contributed by atoms with Gasteiger partial charge in [0.05, 0.1) is 4.99 Å². The van der Waals surface area contributed by atoms with Crippen molar-refractivity contribution >= 4 is 35.1 Å². The number of rotatable bonds is 5. The minimum atomic E-state index is -2.94. The molecule has 2 atom stereocenters. The number of allylic oxidation sites excluding steroid dienone is 1. The molecule has 0 saturated heterocycles. The molecule has 0 spiro atoms. The van der Waals surface area contributed by atoms with Gasteiger partial charge in [-0.25, -0.2) is 0 Å². The van der Waals surface area contributed by atoms with Crippen molar-refractivity contribution in [1.82, 2.24) is 0 Å². The topological polar surface area (TPSA) is 17.1 Å². The third-order valence-corrected chi connectivity index (χ3v) is 12.2. The molecular formula is C31H29OPS. The summed E-state index contributed by atoms with van der Waals surface area (Å²) in [5.74, 6) is 0.137. The quantitative estimate of drug-likeness (QED) is 0.270. The predicted octanol–water partition coefficient (Wildman–Crippen LogP) is 7.91. The molecule has 1 aliphatic rings. The van der Waals surface area contributed by atoms with Crippen molar-refractivity contribution in [3.8, 4) is 0 Å². The van der Waals surface area contributed by atoms with Crippen molar-refractivity contribution in [2.75, 3.05) is 0 Å². The fraction of sp³-hybridized carbons (Fsp3) is 0.161. The molecule has 4 aromatic rings. The Balaban J connectivity index is 1.66. The van der Waals surface area contributed by atoms with Crippen molar-refractivity contribution in [1.29, 1.82) is 0 Å². The van der Waals surface area contributed by atoms with Gasteiger partial charge in [-0.2, -0.15) is 0 Å². The van der Waals surface area contributed by atoms with E-state index in [1.807, 2.05) is 60.7 Å². The van der Waals surface area contributed by atoms with E-state index in [0.29, 0.717) is 0 Å². The SMILES string of the molecule is Cc1ccc(C2=CS[C@H](P(=O)(c3ccccc3)c3ccccc3)[C@@H](c3ccc(C)cc3)C2)cc1. The molecule has 0 bridgehead atoms. The molecule has 0 unspecified atom stereocenters. The van der Waals surface area contributed by atoms with Gasteiger partial charge < -0.3 is 4.57 Å². The Morgan fingerprint density at radius 2 is 1.18 bits per heavy atom. The lowest BCUT2D eigenvalue weighted by Gasteiger charge is -2.37. The van der Waals surface area contributed by atoms with Crippen molar-refractivity contribution in [3.05, 3.63) is 137 Å². The molecule has 0 fully saturated rings. The fourth-order valence-electron chi connectivity index (χ4n) is 4.76. The highest BCUT2D eigenvalue weighted by atomic mass is 32.2. The lowest BCUT2D eigenvalue weighted by atomic mass is 9.90. The average molecular weight is 481 g/mol. The third-order valence-electron chi connectivity index (χ3n) is 6.70. The van der Waals surface area contributed by atoms with Crippen molar-refractivity contribution in [3.63, 3.8) is 0 Å². The van der Waals surface area contributed by atoms with Crippen LogP contribution >= 0.6 is 18.9 Å². The molecule has 0 N–H and O–H groups in total. The van der Waals surface area contributed by atoms with Crippen LogP contribution in [-0.4, -0.2) is 4.99 Å². The minimum Gasteiger partial charge on any atom is -0.312 e. The molecule has 3 heteroatoms. The second kappa shape index (κ2) is 9.82. The van der Waals surface area contributed by atoms with Gasteiger partial charge in [-0.3, -0.25) is 0 Å². The molecule has 0 aliphatic carbocycles. The summed E-state index contributed by atoms with van der Waals surface area (Å²) >= 11 is 1.75. The molecule has 5 rings (SSSR count). The highest BCUT2D eigenvalue weighted by molar-refractivity contribution is 8.11. The number of thioether (sulfide) groups is 1. The number of hydrogen-bond acceptors (Lipinski definition) is 2. The molecule has 0 radical (unpaired) electrons. The molecule has 0 aromatic heterocycles. The van der Waals surface area contributed by atoms with Gasteiger partial charge in [0.25, 0.3) is 0 Å². The Morgan fingerprint density at radius 1 is 0.676 bits per heavy atom. The lowest BCUT2D eigenvalue weighted by Crippen LogP contribution is -2.29. The molecule has 34 heavy (non-hydrogen) atoms. The largest absolute Gasteiger partial charge is 0.312 e. The van der Waals surface area contributed by atoms with Gasteiger partial charge in [-0.15, -0.1) is 11.8 Å². The number of benzene rings is 4. The van der Waals surface area contributed by atoms with E-state index < -0.39 is 7.14 Å². The standard InChI is InChI=1S/C31H29OPS/c1-23-13-17-25(18-14-23)27-21-30(26-19-15-24(2)16-20-26)31(34-22-27)33(32,28-9-5-3-6-10-28)29-11-7-4-8-12-29/h3-20,22,30-31H,21H2,1-2H3/t30-,31+/m1/s1. The molecule has 4 aromatic carbocycles. The van der Waals surface area contributed by atoms with Gasteiger partial charge in [-0.1, -0.05) is 120 Å². The summed E-state index contributed by atoms with van der Waals surface area (Å²) in [6.07, 6.45) is 0.868. The fourth-order valence-corrected chi connectivity index (χ4v) is 10.2. The van der Waals surface area contributed by atoms with Gasteiger partial charge in [0, 0.05) is 16.5 Å². The third kappa shape index (κ3) is 4.45. The summed E-state index contributed by atoms with van der Waals surface area (Å²) < 4.78 is 15.3. The maximum absolute atomic E-state index is 15.3. The smallest absolute Gasteiger partial charge is 0.156 e. The van der Waals surface area contributed by atoms with Crippen molar-refractivity contribution < 1.29 is 4.57 Å². The van der Waals surface area contributed by atoms with Gasteiger partial charge in [0.15, 0.2) is 7.14 Å². The highest BCUT2D eigenvalue weighted by Gasteiger charge is 2.44. The summed E-state index contributed by atoms with van der Waals surface area (Å²) in [6, 6.07) is 37.8. The van der Waals surface area contributed by atoms with Crippen LogP contribution in [0, 0.1) is 13.8 Å². The highest BCUT2D eigenvalue weighted by Crippen LogP contribution is 2.62. The number of hydrogen-bond donors (Lipinski definition) is 0. The molecule has 0 saturated carbocycles. The summed E-state index contributed by atoms with van der Waals surface area (Å²) in [4.78, 5) is -0.0748. The van der Waals surface area contributed by atoms with Crippen molar-refractivity contribution in [2.45, 2.75) is 31.2 Å². The molecule has 170 valence electrons. The maximum atomic E-state index is 15.3. The molecule has 0 amide bonds. The Kier molecular flexibility index (Phi) is 6.63. The minimum absolute atomic E-state index is 0.0748. The second-order valence-electron chi connectivity index (χ2n) is 9.09. The van der Waals surface area contributed by atoms with E-state index in [9.17, 15) is 0 Å². The summed E-state index contributed by atoms with van der Waals surface area (Å²) in [5, 5.41) is 4.13. The van der Waals surface area contributed by atoms with Crippen LogP contribution in [-0.2, 0) is 4.57 Å². The van der Waals surface area contributed by atoms with Crippen LogP contribution in [0.1, 0.15) is 34.6 Å². The van der Waals surface area contributed by atoms with Gasteiger partial charge in [-0.05, 0) is 42.4 Å². The first-order valence-electron chi connectivity index (χ1n) is 11.7. The Morgan fingerprint density at radius 3 is 1.71 bits per heavy atom. The average Bonchev–Trinajstić information content (AvgIpc) is 2.90. The van der Waals surface area contributed by atoms with Gasteiger partial charge in [0.1, 0.15) is 0 Å². The maximum Gasteiger partial charge on any atom is 0.156 e. The summed E-state index contributed by atoms with van der Waals surface area (Å²) in [5.41, 5.74) is 6.33. The van der Waals surface area contributed by atoms with E-state index in [1.165, 1.54) is 27.8 Å². The van der Waals surface area contributed by atoms with Crippen LogP contribution in [0.15, 0.2) is 115 Å². The van der Waals surface area contributed by atoms with E-state index in [4.69, 9.17) is 0 Å². The normalized spacial score (nSPS) is 18.4. The first kappa shape index (κ1) is 23.0. The van der Waals surface area contributed by atoms with Crippen LogP contribution in [0.5, 0.6) is 0 Å². The van der Waals surface area contributed by atoms with E-state index in [1.54, 1.807) is 11.8 Å². The zero-order valence-corrected chi connectivity index (χ0v) is 21.3. The lowest BCUT2D eigenvalue weighted by molar-refractivity contribution is 0.578. The number of aryl methyl sites for hydroxylation is 2. The van der Waals surface area contributed by atoms with E-state index in [2.05, 4.69) is 67.8 Å². The van der Waals surface area contributed by atoms with Crippen LogP contribution in [0.25, 0.3) is 5.57 Å². The Hall–Kier alpha value is -2.80. The summed E-state index contributed by atoms with van der Waals surface area (Å²) in [6.45, 7) is 4.24. The Bertz CT molecular complexity index is 1280. The zero-order chi connectivity index (χ0) is 23.5. The summed E-state index contributed by atoms with van der Waals surface area (Å²) in [7, 11) is -2.94. The Labute approximate surface area is 207 Å². The molecule has 1 heterocycles. The van der Waals surface area contributed by atoms with Crippen LogP contribution in [0.2, 0.25) is 0 Å². The second-order valence-corrected chi connectivity index (χ2v) is 13.4. The monoisotopic (exact) mass is 480 g/mol. The van der Waals surface area contributed by atoms with E-state index >= 15 is 4.57 Å². The van der Waals surface area contributed by atoms with Crippen LogP contribution < -0.4 is 10.6 Å². The molecule has 1 nitrogen and oxygen atoms in total. The first-order valence-corrected chi connectivity index (χ1v) is 14.5. The predicted molar refractivity (Wildman–Crippen MR) is 149 cm³/mol. The van der Waals surface area contributed by atoms with Gasteiger partial charge in [0.2, 0.25) is 0 Å². The van der Waals surface area contributed by atoms with Crippen LogP contribution in [0.4, 0.5) is 0 Å². The zero-order valence-electron chi connectivity index (χ0n) is 19.6. The van der Waals surface area contributed by atoms with E-state index in [0.717, 1.165) is 17.0 Å². The van der Waals surface area contributed by atoms with E-state index in [-0.39, 0.29) is 10.9 Å². The first-order chi connectivity index (χ1) is 16.6. The van der Waals surface area contributed by atoms with Gasteiger partial charge >= 0.3 is 0 Å². The molecule has 1 aliphatic heterocycles. The molecular weight excluding hydrogens is 451 g/mol.